The fourth-order valence-corrected chi connectivity index (χ4v) is 4.72. The maximum absolute atomic E-state index is 10.9. The van der Waals surface area contributed by atoms with Crippen molar-refractivity contribution < 1.29 is 10.0 Å². The molecule has 2 N–H and O–H groups in total. The van der Waals surface area contributed by atoms with Crippen LogP contribution in [0, 0.1) is 10.1 Å². The minimum atomic E-state index is -0.404. The van der Waals surface area contributed by atoms with E-state index in [1.807, 2.05) is 6.07 Å². The molecule has 4 rings (SSSR count). The SMILES string of the molecule is CCc1cc(NC2CCN(C3CCCCC3O)CC2)nc(-c2ccc([N+](=O)[O-])cc2)n1. The number of aliphatic hydroxyl groups is 1. The topological polar surface area (TPSA) is 104 Å². The molecule has 1 aromatic heterocycles. The Morgan fingerprint density at radius 3 is 2.48 bits per heavy atom. The molecule has 0 spiro atoms. The van der Waals surface area contributed by atoms with E-state index >= 15 is 0 Å². The van der Waals surface area contributed by atoms with Crippen LogP contribution in [0.3, 0.4) is 0 Å². The molecule has 8 nitrogen and oxygen atoms in total. The van der Waals surface area contributed by atoms with Gasteiger partial charge >= 0.3 is 0 Å². The smallest absolute Gasteiger partial charge is 0.269 e. The molecule has 1 aromatic carbocycles. The lowest BCUT2D eigenvalue weighted by Crippen LogP contribution is -2.50. The lowest BCUT2D eigenvalue weighted by molar-refractivity contribution is -0.384. The second-order valence-electron chi connectivity index (χ2n) is 8.60. The van der Waals surface area contributed by atoms with Crippen LogP contribution in [0.5, 0.6) is 0 Å². The number of aryl methyl sites for hydroxylation is 1. The van der Waals surface area contributed by atoms with Gasteiger partial charge in [-0.25, -0.2) is 9.97 Å². The Morgan fingerprint density at radius 1 is 1.13 bits per heavy atom. The third-order valence-corrected chi connectivity index (χ3v) is 6.52. The van der Waals surface area contributed by atoms with Crippen LogP contribution in [0.15, 0.2) is 30.3 Å². The summed E-state index contributed by atoms with van der Waals surface area (Å²) in [6.45, 7) is 4.03. The van der Waals surface area contributed by atoms with Gasteiger partial charge < -0.3 is 10.4 Å². The molecule has 1 aliphatic carbocycles. The molecule has 1 saturated heterocycles. The lowest BCUT2D eigenvalue weighted by Gasteiger charge is -2.41. The largest absolute Gasteiger partial charge is 0.391 e. The summed E-state index contributed by atoms with van der Waals surface area (Å²) in [5.41, 5.74) is 1.77. The first-order chi connectivity index (χ1) is 15.0. The van der Waals surface area contributed by atoms with E-state index in [1.165, 1.54) is 18.6 Å². The fourth-order valence-electron chi connectivity index (χ4n) is 4.72. The van der Waals surface area contributed by atoms with E-state index in [9.17, 15) is 15.2 Å². The molecular weight excluding hydrogens is 394 g/mol. The van der Waals surface area contributed by atoms with Crippen LogP contribution < -0.4 is 5.32 Å². The Labute approximate surface area is 182 Å². The number of nitro benzene ring substituents is 1. The molecule has 2 unspecified atom stereocenters. The van der Waals surface area contributed by atoms with Gasteiger partial charge in [0.1, 0.15) is 5.82 Å². The number of aliphatic hydroxyl groups excluding tert-OH is 1. The molecule has 0 bridgehead atoms. The van der Waals surface area contributed by atoms with Crippen molar-refractivity contribution in [2.24, 2.45) is 0 Å². The summed E-state index contributed by atoms with van der Waals surface area (Å²) in [7, 11) is 0. The maximum Gasteiger partial charge on any atom is 0.269 e. The number of likely N-dealkylation sites (tertiary alicyclic amines) is 1. The third-order valence-electron chi connectivity index (χ3n) is 6.52. The van der Waals surface area contributed by atoms with E-state index < -0.39 is 4.92 Å². The first kappa shape index (κ1) is 21.6. The number of non-ortho nitro benzene ring substituents is 1. The first-order valence-electron chi connectivity index (χ1n) is 11.3. The maximum atomic E-state index is 10.9. The lowest BCUT2D eigenvalue weighted by atomic mass is 9.89. The summed E-state index contributed by atoms with van der Waals surface area (Å²) in [5.74, 6) is 1.39. The zero-order chi connectivity index (χ0) is 21.8. The first-order valence-corrected chi connectivity index (χ1v) is 11.3. The van der Waals surface area contributed by atoms with Gasteiger partial charge in [0, 0.05) is 54.6 Å². The summed E-state index contributed by atoms with van der Waals surface area (Å²) in [5, 5.41) is 24.8. The van der Waals surface area contributed by atoms with Crippen molar-refractivity contribution in [3.05, 3.63) is 46.1 Å². The number of rotatable bonds is 6. The quantitative estimate of drug-likeness (QED) is 0.536. The summed E-state index contributed by atoms with van der Waals surface area (Å²) in [6, 6.07) is 9.01. The normalized spacial score (nSPS) is 22.9. The molecule has 0 radical (unpaired) electrons. The predicted molar refractivity (Wildman–Crippen MR) is 120 cm³/mol. The third kappa shape index (κ3) is 5.19. The highest BCUT2D eigenvalue weighted by atomic mass is 16.6. The van der Waals surface area contributed by atoms with Gasteiger partial charge in [-0.15, -0.1) is 0 Å². The molecule has 2 aliphatic rings. The van der Waals surface area contributed by atoms with Crippen molar-refractivity contribution in [2.45, 2.75) is 70.1 Å². The Hall–Kier alpha value is -2.58. The van der Waals surface area contributed by atoms with Gasteiger partial charge in [-0.1, -0.05) is 19.8 Å². The highest BCUT2D eigenvalue weighted by molar-refractivity contribution is 5.59. The van der Waals surface area contributed by atoms with Gasteiger partial charge in [-0.2, -0.15) is 0 Å². The fraction of sp³-hybridized carbons (Fsp3) is 0.565. The van der Waals surface area contributed by atoms with Crippen LogP contribution in [-0.2, 0) is 6.42 Å². The molecular formula is C23H31N5O3. The van der Waals surface area contributed by atoms with Crippen LogP contribution >= 0.6 is 0 Å². The van der Waals surface area contributed by atoms with Crippen molar-refractivity contribution >= 4 is 11.5 Å². The Bertz CT molecular complexity index is 897. The number of nitrogens with zero attached hydrogens (tertiary/aromatic N) is 4. The Balaban J connectivity index is 1.43. The van der Waals surface area contributed by atoms with Crippen LogP contribution in [0.2, 0.25) is 0 Å². The molecule has 8 heteroatoms. The number of hydrogen-bond acceptors (Lipinski definition) is 7. The monoisotopic (exact) mass is 425 g/mol. The predicted octanol–water partition coefficient (Wildman–Crippen LogP) is 3.79. The summed E-state index contributed by atoms with van der Waals surface area (Å²) < 4.78 is 0. The van der Waals surface area contributed by atoms with Crippen molar-refractivity contribution in [1.82, 2.24) is 14.9 Å². The molecule has 1 aliphatic heterocycles. The second kappa shape index (κ2) is 9.70. The Kier molecular flexibility index (Phi) is 6.77. The van der Waals surface area contributed by atoms with Crippen molar-refractivity contribution in [1.29, 1.82) is 0 Å². The average molecular weight is 426 g/mol. The molecule has 166 valence electrons. The van der Waals surface area contributed by atoms with Gasteiger partial charge in [0.15, 0.2) is 5.82 Å². The highest BCUT2D eigenvalue weighted by Gasteiger charge is 2.31. The van der Waals surface area contributed by atoms with E-state index in [0.717, 1.165) is 68.7 Å². The number of piperidine rings is 1. The van der Waals surface area contributed by atoms with Crippen LogP contribution in [0.1, 0.15) is 51.1 Å². The zero-order valence-corrected chi connectivity index (χ0v) is 18.0. The van der Waals surface area contributed by atoms with Crippen LogP contribution in [0.4, 0.5) is 11.5 Å². The van der Waals surface area contributed by atoms with Crippen molar-refractivity contribution in [3.63, 3.8) is 0 Å². The highest BCUT2D eigenvalue weighted by Crippen LogP contribution is 2.27. The van der Waals surface area contributed by atoms with Crippen molar-refractivity contribution in [3.8, 4) is 11.4 Å². The molecule has 2 atom stereocenters. The summed E-state index contributed by atoms with van der Waals surface area (Å²) >= 11 is 0. The van der Waals surface area contributed by atoms with E-state index in [0.29, 0.717) is 17.9 Å². The van der Waals surface area contributed by atoms with E-state index in [2.05, 4.69) is 22.1 Å². The van der Waals surface area contributed by atoms with Gasteiger partial charge in [-0.05, 0) is 44.2 Å². The van der Waals surface area contributed by atoms with E-state index in [1.54, 1.807) is 12.1 Å². The summed E-state index contributed by atoms with van der Waals surface area (Å²) in [6.07, 6.45) is 7.01. The van der Waals surface area contributed by atoms with Gasteiger partial charge in [0.2, 0.25) is 0 Å². The van der Waals surface area contributed by atoms with Crippen LogP contribution in [0.25, 0.3) is 11.4 Å². The van der Waals surface area contributed by atoms with Crippen LogP contribution in [-0.4, -0.2) is 56.2 Å². The molecule has 2 heterocycles. The van der Waals surface area contributed by atoms with Gasteiger partial charge in [0.25, 0.3) is 5.69 Å². The molecule has 2 aromatic rings. The molecule has 1 saturated carbocycles. The minimum absolute atomic E-state index is 0.0589. The number of nitro groups is 1. The average Bonchev–Trinajstić information content (AvgIpc) is 2.80. The molecule has 0 amide bonds. The number of aromatic nitrogens is 2. The van der Waals surface area contributed by atoms with E-state index in [-0.39, 0.29) is 11.8 Å². The van der Waals surface area contributed by atoms with Gasteiger partial charge in [-0.3, -0.25) is 15.0 Å². The standard InChI is InChI=1S/C23H31N5O3/c1-2-17-15-22(26-23(25-17)16-7-9-19(10-8-16)28(30)31)24-18-11-13-27(14-12-18)20-5-3-4-6-21(20)29/h7-10,15,18,20-21,29H,2-6,11-14H2,1H3,(H,24,25,26). The van der Waals surface area contributed by atoms with Gasteiger partial charge in [0.05, 0.1) is 11.0 Å². The van der Waals surface area contributed by atoms with E-state index in [4.69, 9.17) is 4.98 Å². The number of benzene rings is 1. The summed E-state index contributed by atoms with van der Waals surface area (Å²) in [4.78, 5) is 22.3. The number of anilines is 1. The molecule has 2 fully saturated rings. The van der Waals surface area contributed by atoms with Crippen molar-refractivity contribution in [2.75, 3.05) is 18.4 Å². The zero-order valence-electron chi connectivity index (χ0n) is 18.0. The minimum Gasteiger partial charge on any atom is -0.391 e. The Morgan fingerprint density at radius 2 is 1.84 bits per heavy atom. The second-order valence-corrected chi connectivity index (χ2v) is 8.60. The molecule has 31 heavy (non-hydrogen) atoms. The number of nitrogens with one attached hydrogen (secondary N) is 1. The number of hydrogen-bond donors (Lipinski definition) is 2.